The number of nitrogens with one attached hydrogen (secondary N) is 1. The highest BCUT2D eigenvalue weighted by molar-refractivity contribution is 5.10. The second kappa shape index (κ2) is 4.71. The lowest BCUT2D eigenvalue weighted by molar-refractivity contribution is 0.271. The number of hydrogen-bond donors (Lipinski definition) is 1. The fourth-order valence-electron chi connectivity index (χ4n) is 1.69. The van der Waals surface area contributed by atoms with E-state index in [0.29, 0.717) is 0 Å². The van der Waals surface area contributed by atoms with Gasteiger partial charge in [-0.1, -0.05) is 27.7 Å². The van der Waals surface area contributed by atoms with Gasteiger partial charge in [-0.05, 0) is 24.9 Å². The van der Waals surface area contributed by atoms with Crippen molar-refractivity contribution >= 4 is 0 Å². The molecule has 3 heteroatoms. The van der Waals surface area contributed by atoms with Crippen molar-refractivity contribution in [2.45, 2.75) is 40.7 Å². The average molecular weight is 207 g/mol. The van der Waals surface area contributed by atoms with Crippen molar-refractivity contribution in [2.75, 3.05) is 6.54 Å². The molecule has 1 atom stereocenters. The lowest BCUT2D eigenvalue weighted by atomic mass is 9.84. The van der Waals surface area contributed by atoms with Gasteiger partial charge in [0.25, 0.3) is 0 Å². The highest BCUT2D eigenvalue weighted by Gasteiger charge is 2.26. The predicted molar refractivity (Wildman–Crippen MR) is 62.6 cm³/mol. The molecule has 0 aliphatic rings. The van der Waals surface area contributed by atoms with Crippen LogP contribution in [-0.2, 0) is 0 Å². The summed E-state index contributed by atoms with van der Waals surface area (Å²) in [6, 6.07) is 2.27. The summed E-state index contributed by atoms with van der Waals surface area (Å²) in [6.45, 7) is 11.7. The van der Waals surface area contributed by atoms with Crippen molar-refractivity contribution in [3.05, 3.63) is 23.8 Å². The molecule has 0 aliphatic carbocycles. The van der Waals surface area contributed by atoms with Crippen molar-refractivity contribution in [2.24, 2.45) is 5.41 Å². The zero-order valence-electron chi connectivity index (χ0n) is 10.3. The maximum absolute atomic E-state index is 4.48. The predicted octanol–water partition coefficient (Wildman–Crippen LogP) is 2.48. The van der Waals surface area contributed by atoms with E-state index in [1.54, 1.807) is 0 Å². The Morgan fingerprint density at radius 3 is 2.53 bits per heavy atom. The van der Waals surface area contributed by atoms with Crippen LogP contribution in [0.4, 0.5) is 0 Å². The molecule has 0 aromatic carbocycles. The van der Waals surface area contributed by atoms with Gasteiger partial charge < -0.3 is 5.32 Å². The fraction of sp³-hybridized carbons (Fsp3) is 0.667. The van der Waals surface area contributed by atoms with Gasteiger partial charge >= 0.3 is 0 Å². The quantitative estimate of drug-likeness (QED) is 0.827. The average Bonchev–Trinajstić information content (AvgIpc) is 2.12. The molecule has 15 heavy (non-hydrogen) atoms. The van der Waals surface area contributed by atoms with Gasteiger partial charge in [-0.2, -0.15) is 0 Å². The molecule has 3 nitrogen and oxygen atoms in total. The smallest absolute Gasteiger partial charge is 0.125 e. The minimum atomic E-state index is 0.163. The number of aromatic nitrogens is 2. The van der Waals surface area contributed by atoms with Gasteiger partial charge in [-0.3, -0.25) is 0 Å². The van der Waals surface area contributed by atoms with Crippen LogP contribution in [0, 0.1) is 12.3 Å². The van der Waals surface area contributed by atoms with Crippen LogP contribution in [0.5, 0.6) is 0 Å². The summed E-state index contributed by atoms with van der Waals surface area (Å²) in [5.41, 5.74) is 1.24. The second-order valence-corrected chi connectivity index (χ2v) is 4.89. The van der Waals surface area contributed by atoms with E-state index in [-0.39, 0.29) is 11.5 Å². The first-order valence-corrected chi connectivity index (χ1v) is 5.48. The fourth-order valence-corrected chi connectivity index (χ4v) is 1.69. The summed E-state index contributed by atoms with van der Waals surface area (Å²) in [5.74, 6) is 0.833. The first-order chi connectivity index (χ1) is 6.95. The van der Waals surface area contributed by atoms with Crippen LogP contribution in [-0.4, -0.2) is 16.5 Å². The van der Waals surface area contributed by atoms with E-state index in [0.717, 1.165) is 18.1 Å². The number of rotatable bonds is 3. The molecule has 0 aliphatic heterocycles. The molecule has 0 fully saturated rings. The molecule has 0 saturated carbocycles. The molecule has 1 rings (SSSR count). The first kappa shape index (κ1) is 12.1. The zero-order valence-corrected chi connectivity index (χ0v) is 10.3. The Kier molecular flexibility index (Phi) is 3.80. The lowest BCUT2D eigenvalue weighted by Crippen LogP contribution is -2.33. The van der Waals surface area contributed by atoms with Crippen molar-refractivity contribution in [1.29, 1.82) is 0 Å². The van der Waals surface area contributed by atoms with E-state index in [9.17, 15) is 0 Å². The molecule has 0 spiro atoms. The molecular formula is C12H21N3. The second-order valence-electron chi connectivity index (χ2n) is 4.89. The number of nitrogens with zero attached hydrogens (tertiary/aromatic N) is 2. The number of hydrogen-bond acceptors (Lipinski definition) is 3. The summed E-state index contributed by atoms with van der Waals surface area (Å²) in [4.78, 5) is 8.61. The van der Waals surface area contributed by atoms with Gasteiger partial charge in [0.1, 0.15) is 5.82 Å². The van der Waals surface area contributed by atoms with Crippen LogP contribution in [0.25, 0.3) is 0 Å². The van der Waals surface area contributed by atoms with Crippen molar-refractivity contribution in [1.82, 2.24) is 15.3 Å². The topological polar surface area (TPSA) is 37.8 Å². The highest BCUT2D eigenvalue weighted by Crippen LogP contribution is 2.31. The third-order valence-electron chi connectivity index (χ3n) is 2.37. The molecule has 1 heterocycles. The molecule has 0 saturated heterocycles. The van der Waals surface area contributed by atoms with E-state index in [1.807, 2.05) is 19.2 Å². The molecular weight excluding hydrogens is 186 g/mol. The van der Waals surface area contributed by atoms with Crippen LogP contribution < -0.4 is 5.32 Å². The standard InChI is InChI=1S/C12H21N3/c1-6-13-11(12(3,4)5)10-7-8-14-9(2)15-10/h7-8,11,13H,6H2,1-5H3. The first-order valence-electron chi connectivity index (χ1n) is 5.48. The Labute approximate surface area is 92.3 Å². The van der Waals surface area contributed by atoms with Gasteiger partial charge in [0, 0.05) is 6.20 Å². The third-order valence-corrected chi connectivity index (χ3v) is 2.37. The normalized spacial score (nSPS) is 13.9. The van der Waals surface area contributed by atoms with E-state index in [4.69, 9.17) is 0 Å². The Balaban J connectivity index is 2.99. The Hall–Kier alpha value is -0.960. The summed E-state index contributed by atoms with van der Waals surface area (Å²) < 4.78 is 0. The SMILES string of the molecule is CCNC(c1ccnc(C)n1)C(C)(C)C. The molecule has 1 aromatic rings. The van der Waals surface area contributed by atoms with Crippen molar-refractivity contribution in [3.63, 3.8) is 0 Å². The third kappa shape index (κ3) is 3.27. The van der Waals surface area contributed by atoms with Crippen LogP contribution in [0.3, 0.4) is 0 Å². The highest BCUT2D eigenvalue weighted by atomic mass is 15.0. The van der Waals surface area contributed by atoms with Gasteiger partial charge in [0.15, 0.2) is 0 Å². The van der Waals surface area contributed by atoms with E-state index < -0.39 is 0 Å². The maximum atomic E-state index is 4.48. The van der Waals surface area contributed by atoms with Crippen molar-refractivity contribution < 1.29 is 0 Å². The monoisotopic (exact) mass is 207 g/mol. The lowest BCUT2D eigenvalue weighted by Gasteiger charge is -2.30. The summed E-state index contributed by atoms with van der Waals surface area (Å²) in [6.07, 6.45) is 1.83. The van der Waals surface area contributed by atoms with Gasteiger partial charge in [-0.25, -0.2) is 9.97 Å². The Bertz CT molecular complexity index is 315. The molecule has 0 amide bonds. The Morgan fingerprint density at radius 2 is 2.07 bits per heavy atom. The molecule has 0 bridgehead atoms. The van der Waals surface area contributed by atoms with Gasteiger partial charge in [-0.15, -0.1) is 0 Å². The minimum Gasteiger partial charge on any atom is -0.308 e. The van der Waals surface area contributed by atoms with Crippen molar-refractivity contribution in [3.8, 4) is 0 Å². The maximum Gasteiger partial charge on any atom is 0.125 e. The molecule has 1 unspecified atom stereocenters. The molecule has 84 valence electrons. The van der Waals surface area contributed by atoms with Gasteiger partial charge in [0.2, 0.25) is 0 Å². The van der Waals surface area contributed by atoms with Crippen LogP contribution >= 0.6 is 0 Å². The summed E-state index contributed by atoms with van der Waals surface area (Å²) >= 11 is 0. The van der Waals surface area contributed by atoms with Crippen LogP contribution in [0.15, 0.2) is 12.3 Å². The molecule has 1 aromatic heterocycles. The largest absolute Gasteiger partial charge is 0.308 e. The van der Waals surface area contributed by atoms with E-state index in [1.165, 1.54) is 0 Å². The molecule has 1 N–H and O–H groups in total. The summed E-state index contributed by atoms with van der Waals surface area (Å²) in [7, 11) is 0. The summed E-state index contributed by atoms with van der Waals surface area (Å²) in [5, 5.41) is 3.48. The van der Waals surface area contributed by atoms with E-state index in [2.05, 4.69) is 43.0 Å². The van der Waals surface area contributed by atoms with Crippen LogP contribution in [0.1, 0.15) is 45.3 Å². The minimum absolute atomic E-state index is 0.163. The Morgan fingerprint density at radius 1 is 1.40 bits per heavy atom. The van der Waals surface area contributed by atoms with Crippen LogP contribution in [0.2, 0.25) is 0 Å². The van der Waals surface area contributed by atoms with E-state index >= 15 is 0 Å². The zero-order chi connectivity index (χ0) is 11.5. The number of aryl methyl sites for hydroxylation is 1. The molecule has 0 radical (unpaired) electrons. The van der Waals surface area contributed by atoms with Gasteiger partial charge in [0.05, 0.1) is 11.7 Å².